The van der Waals surface area contributed by atoms with Crippen LogP contribution in [0.15, 0.2) is 183 Å². The van der Waals surface area contributed by atoms with Crippen LogP contribution in [-0.2, 0) is 37.3 Å². The number of rotatable bonds is 14. The minimum atomic E-state index is -0.271. The Bertz CT molecular complexity index is 5490. The van der Waals surface area contributed by atoms with Crippen LogP contribution in [0.25, 0.3) is 54.9 Å². The molecule has 13 aromatic rings. The standard InChI is InChI=1S/C24H23FN4O.C23H28FN3O.C23H23FN2O.C21H25FN4O/c1-28-23(14-21(27-28)17-5-3-2-4-6-17)24(30)29-11-9-16(10-12-29)20-15-26-22-13-18(25)7-8-19(20)22;1-15(2)10-16-11-22(26(3)14-16)23(28)27-8-6-17(7-9-27)20-13-25-21-12-18(24)4-5-19(20)21;24-18-6-7-19-20(15-25-21(19)14-18)16-8-12-26(13-9-16)22(27)23(10-11-23)17-4-2-1-3-5-17;1-3-8-26-13-19(14(2)24-26)21(27)25-9-6-15(7-10-25)18-12-23-20-11-16(22)4-5-17(18)20/h2-8,13-16,26H,9-12H2,1H3;4-5,11-15,17,25H,6-10H2,1-3H3;1-7,14-16,25H,8-13H2;4-5,11-13,15,23H,3,6-10H2,1-2H3. The second-order valence-electron chi connectivity index (χ2n) is 31.7. The van der Waals surface area contributed by atoms with Crippen molar-refractivity contribution in [1.82, 2.24) is 63.7 Å². The van der Waals surface area contributed by atoms with Crippen LogP contribution in [-0.4, -0.2) is 140 Å². The summed E-state index contributed by atoms with van der Waals surface area (Å²) in [4.78, 5) is 72.9. The molecule has 112 heavy (non-hydrogen) atoms. The van der Waals surface area contributed by atoms with Gasteiger partial charge in [-0.15, -0.1) is 0 Å². The number of benzene rings is 6. The van der Waals surface area contributed by atoms with E-state index >= 15 is 0 Å². The van der Waals surface area contributed by atoms with Crippen molar-refractivity contribution in [3.63, 3.8) is 0 Å². The number of piperidine rings is 4. The number of carbonyl (C=O) groups is 4. The molecule has 7 aromatic heterocycles. The van der Waals surface area contributed by atoms with Crippen LogP contribution >= 0.6 is 0 Å². The summed E-state index contributed by atoms with van der Waals surface area (Å²) in [6.07, 6.45) is 23.2. The second kappa shape index (κ2) is 33.0. The third-order valence-corrected chi connectivity index (χ3v) is 23.8. The van der Waals surface area contributed by atoms with E-state index in [0.29, 0.717) is 59.8 Å². The molecule has 4 amide bonds. The highest BCUT2D eigenvalue weighted by Crippen LogP contribution is 2.50. The Morgan fingerprint density at radius 3 is 1.27 bits per heavy atom. The number of nitrogens with one attached hydrogen (secondary N) is 4. The third-order valence-electron chi connectivity index (χ3n) is 23.8. The quantitative estimate of drug-likeness (QED) is 0.0785. The molecule has 5 fully saturated rings. The van der Waals surface area contributed by atoms with Crippen molar-refractivity contribution in [3.05, 3.63) is 262 Å². The number of fused-ring (bicyclic) bond motifs is 4. The summed E-state index contributed by atoms with van der Waals surface area (Å²) < 4.78 is 59.2. The molecule has 4 aliphatic heterocycles. The molecule has 4 N–H and O–H groups in total. The first-order valence-electron chi connectivity index (χ1n) is 39.8. The molecule has 0 radical (unpaired) electrons. The van der Waals surface area contributed by atoms with Crippen LogP contribution < -0.4 is 0 Å². The zero-order valence-corrected chi connectivity index (χ0v) is 64.7. The molecule has 0 spiro atoms. The fraction of sp³-hybridized carbons (Fsp3) is 0.363. The number of hydrogen-bond acceptors (Lipinski definition) is 6. The molecule has 6 aromatic carbocycles. The van der Waals surface area contributed by atoms with Gasteiger partial charge in [-0.2, -0.15) is 10.2 Å². The van der Waals surface area contributed by atoms with Crippen molar-refractivity contribution in [2.24, 2.45) is 20.0 Å². The molecule has 17 nitrogen and oxygen atoms in total. The van der Waals surface area contributed by atoms with Crippen molar-refractivity contribution < 1.29 is 36.7 Å². The second-order valence-corrected chi connectivity index (χ2v) is 31.7. The van der Waals surface area contributed by atoms with E-state index in [0.717, 1.165) is 195 Å². The van der Waals surface area contributed by atoms with Gasteiger partial charge in [-0.05, 0) is 232 Å². The number of carbonyl (C=O) groups excluding carboxylic acids is 4. The van der Waals surface area contributed by atoms with Gasteiger partial charge in [0, 0.05) is 159 Å². The summed E-state index contributed by atoms with van der Waals surface area (Å²) in [6.45, 7) is 15.2. The van der Waals surface area contributed by atoms with Crippen molar-refractivity contribution in [1.29, 1.82) is 0 Å². The molecular weight excluding hydrogens is 1420 g/mol. The van der Waals surface area contributed by atoms with Gasteiger partial charge in [0.15, 0.2) is 0 Å². The van der Waals surface area contributed by atoms with E-state index in [-0.39, 0.29) is 46.4 Å². The number of nitrogens with zero attached hydrogens (tertiary/aromatic N) is 9. The van der Waals surface area contributed by atoms with E-state index in [9.17, 15) is 36.7 Å². The van der Waals surface area contributed by atoms with E-state index in [1.54, 1.807) is 16.8 Å². The highest BCUT2D eigenvalue weighted by molar-refractivity contribution is 5.96. The Labute approximate surface area is 650 Å². The number of likely N-dealkylation sites (tertiary alicyclic amines) is 4. The van der Waals surface area contributed by atoms with Gasteiger partial charge < -0.3 is 44.1 Å². The maximum atomic E-state index is 13.5. The summed E-state index contributed by atoms with van der Waals surface area (Å²) in [5.41, 5.74) is 15.1. The fourth-order valence-electron chi connectivity index (χ4n) is 17.6. The smallest absolute Gasteiger partial charge is 0.272 e. The predicted octanol–water partition coefficient (Wildman–Crippen LogP) is 18.6. The summed E-state index contributed by atoms with van der Waals surface area (Å²) in [6, 6.07) is 43.6. The largest absolute Gasteiger partial charge is 0.361 e. The number of aromatic amines is 4. The van der Waals surface area contributed by atoms with Crippen molar-refractivity contribution in [3.8, 4) is 11.3 Å². The maximum absolute atomic E-state index is 13.5. The zero-order chi connectivity index (χ0) is 77.9. The van der Waals surface area contributed by atoms with E-state index in [1.807, 2.05) is 161 Å². The predicted molar refractivity (Wildman–Crippen MR) is 432 cm³/mol. The zero-order valence-electron chi connectivity index (χ0n) is 64.7. The van der Waals surface area contributed by atoms with Gasteiger partial charge in [-0.25, -0.2) is 17.6 Å². The molecule has 0 unspecified atom stereocenters. The normalized spacial score (nSPS) is 16.4. The molecule has 11 heterocycles. The number of halogens is 4. The van der Waals surface area contributed by atoms with Crippen molar-refractivity contribution in [2.75, 3.05) is 52.4 Å². The number of amides is 4. The van der Waals surface area contributed by atoms with Crippen LogP contribution in [0, 0.1) is 36.1 Å². The van der Waals surface area contributed by atoms with Crippen molar-refractivity contribution >= 4 is 67.2 Å². The Morgan fingerprint density at radius 2 is 0.866 bits per heavy atom. The lowest BCUT2D eigenvalue weighted by atomic mass is 9.87. The Hall–Kier alpha value is -11.2. The number of H-pyrrole nitrogens is 4. The van der Waals surface area contributed by atoms with Gasteiger partial charge in [0.2, 0.25) is 5.91 Å². The molecule has 0 bridgehead atoms. The first-order valence-corrected chi connectivity index (χ1v) is 39.8. The van der Waals surface area contributed by atoms with Crippen LogP contribution in [0.2, 0.25) is 0 Å². The summed E-state index contributed by atoms with van der Waals surface area (Å²) >= 11 is 0. The van der Waals surface area contributed by atoms with Gasteiger partial charge >= 0.3 is 0 Å². The van der Waals surface area contributed by atoms with Crippen LogP contribution in [0.5, 0.6) is 0 Å². The van der Waals surface area contributed by atoms with E-state index < -0.39 is 0 Å². The minimum absolute atomic E-state index is 0.0200. The molecule has 21 heteroatoms. The van der Waals surface area contributed by atoms with Gasteiger partial charge in [-0.3, -0.25) is 28.5 Å². The minimum Gasteiger partial charge on any atom is -0.361 e. The lowest BCUT2D eigenvalue weighted by Crippen LogP contribution is -2.43. The van der Waals surface area contributed by atoms with Gasteiger partial charge in [-0.1, -0.05) is 81.4 Å². The summed E-state index contributed by atoms with van der Waals surface area (Å²) in [5.74, 6) is 1.76. The van der Waals surface area contributed by atoms with Gasteiger partial charge in [0.1, 0.15) is 34.7 Å². The lowest BCUT2D eigenvalue weighted by molar-refractivity contribution is -0.135. The number of aromatic nitrogens is 9. The Balaban J connectivity index is 0.000000118. The third kappa shape index (κ3) is 16.3. The Morgan fingerprint density at radius 1 is 0.473 bits per heavy atom. The van der Waals surface area contributed by atoms with E-state index in [1.165, 1.54) is 64.2 Å². The van der Waals surface area contributed by atoms with E-state index in [2.05, 4.69) is 74.1 Å². The molecule has 1 saturated carbocycles. The molecule has 1 aliphatic carbocycles. The number of aryl methyl sites for hydroxylation is 4. The van der Waals surface area contributed by atoms with Gasteiger partial charge in [0.25, 0.3) is 17.7 Å². The first kappa shape index (κ1) is 76.2. The SMILES string of the molecule is CC(C)Cc1cc(C(=O)N2CCC(c3c[nH]c4cc(F)ccc34)CC2)n(C)c1.CCCn1cc(C(=O)N2CCC(c3c[nH]c4cc(F)ccc34)CC2)c(C)n1.Cn1nc(-c2ccccc2)cc1C(=O)N1CCC(c2c[nH]c3cc(F)ccc23)CC1.O=C(N1CCC(c2c[nH]c3cc(F)ccc23)CC1)C1(c2ccccc2)CC1. The van der Waals surface area contributed by atoms with Crippen molar-refractivity contribution in [2.45, 2.75) is 140 Å². The number of hydrogen-bond donors (Lipinski definition) is 4. The maximum Gasteiger partial charge on any atom is 0.272 e. The average molecular weight is 1510 g/mol. The van der Waals surface area contributed by atoms with Crippen LogP contribution in [0.4, 0.5) is 17.6 Å². The van der Waals surface area contributed by atoms with E-state index in [4.69, 9.17) is 0 Å². The summed E-state index contributed by atoms with van der Waals surface area (Å²) in [7, 11) is 3.77. The first-order chi connectivity index (χ1) is 54.3. The topological polar surface area (TPSA) is 185 Å². The molecule has 4 saturated heterocycles. The average Bonchev–Trinajstić information content (AvgIpc) is 1.59. The van der Waals surface area contributed by atoms with Crippen LogP contribution in [0.1, 0.15) is 185 Å². The Kier molecular flexibility index (Phi) is 22.4. The highest BCUT2D eigenvalue weighted by Gasteiger charge is 2.53. The lowest BCUT2D eigenvalue weighted by Gasteiger charge is -2.34. The fourth-order valence-corrected chi connectivity index (χ4v) is 17.6. The summed E-state index contributed by atoms with van der Waals surface area (Å²) in [5, 5.41) is 13.3. The van der Waals surface area contributed by atoms with Gasteiger partial charge in [0.05, 0.1) is 22.4 Å². The molecular formula is C91H99F4N13O4. The highest BCUT2D eigenvalue weighted by atomic mass is 19.1. The molecule has 0 atom stereocenters. The molecule has 5 aliphatic rings. The monoisotopic (exact) mass is 1510 g/mol. The van der Waals surface area contributed by atoms with Crippen LogP contribution in [0.3, 0.4) is 0 Å². The molecule has 580 valence electrons. The molecule has 18 rings (SSSR count).